The predicted octanol–water partition coefficient (Wildman–Crippen LogP) is 2.59. The van der Waals surface area contributed by atoms with Gasteiger partial charge in [0.15, 0.2) is 8.32 Å². The van der Waals surface area contributed by atoms with Crippen molar-refractivity contribution in [3.8, 4) is 0 Å². The summed E-state index contributed by atoms with van der Waals surface area (Å²) in [6, 6.07) is -0.285. The van der Waals surface area contributed by atoms with E-state index in [1.165, 1.54) is 6.08 Å². The molecule has 0 spiro atoms. The van der Waals surface area contributed by atoms with Crippen LogP contribution in [0.15, 0.2) is 12.7 Å². The SMILES string of the molecule is C=CCOC(=O)CC(=O)C[C@H]1NC(=O)[C@@H]1[C@@H](C)O[Si](C)(C)C(C)(C)C. The predicted molar refractivity (Wildman–Crippen MR) is 98.6 cm³/mol. The van der Waals surface area contributed by atoms with Crippen molar-refractivity contribution in [2.45, 2.75) is 70.8 Å². The van der Waals surface area contributed by atoms with Gasteiger partial charge in [-0.05, 0) is 25.1 Å². The summed E-state index contributed by atoms with van der Waals surface area (Å²) in [6.07, 6.45) is 1.01. The molecule has 0 saturated carbocycles. The van der Waals surface area contributed by atoms with Gasteiger partial charge in [-0.15, -0.1) is 0 Å². The fourth-order valence-electron chi connectivity index (χ4n) is 2.57. The van der Waals surface area contributed by atoms with Crippen LogP contribution in [-0.2, 0) is 23.5 Å². The van der Waals surface area contributed by atoms with Gasteiger partial charge in [-0.2, -0.15) is 0 Å². The normalized spacial score (nSPS) is 21.8. The van der Waals surface area contributed by atoms with Crippen LogP contribution in [0.1, 0.15) is 40.5 Å². The highest BCUT2D eigenvalue weighted by Gasteiger charge is 2.47. The zero-order valence-corrected chi connectivity index (χ0v) is 17.2. The molecule has 142 valence electrons. The molecule has 0 aromatic rings. The average Bonchev–Trinajstić information content (AvgIpc) is 2.42. The maximum Gasteiger partial charge on any atom is 0.313 e. The minimum Gasteiger partial charge on any atom is -0.461 e. The van der Waals surface area contributed by atoms with E-state index in [9.17, 15) is 14.4 Å². The van der Waals surface area contributed by atoms with E-state index < -0.39 is 14.3 Å². The molecular weight excluding hydrogens is 338 g/mol. The summed E-state index contributed by atoms with van der Waals surface area (Å²) in [7, 11) is -2.00. The summed E-state index contributed by atoms with van der Waals surface area (Å²) in [5, 5.41) is 2.80. The van der Waals surface area contributed by atoms with Crippen molar-refractivity contribution in [1.82, 2.24) is 5.32 Å². The van der Waals surface area contributed by atoms with Crippen LogP contribution >= 0.6 is 0 Å². The molecule has 6 nitrogen and oxygen atoms in total. The monoisotopic (exact) mass is 369 g/mol. The first-order valence-electron chi connectivity index (χ1n) is 8.65. The maximum absolute atomic E-state index is 12.0. The van der Waals surface area contributed by atoms with Gasteiger partial charge in [-0.25, -0.2) is 0 Å². The van der Waals surface area contributed by atoms with E-state index in [-0.39, 0.29) is 54.2 Å². The number of ketones is 1. The van der Waals surface area contributed by atoms with Gasteiger partial charge in [0.05, 0.1) is 12.0 Å². The zero-order valence-electron chi connectivity index (χ0n) is 16.2. The number of Topliss-reactive ketones (excluding diaryl/α,β-unsaturated/α-hetero) is 1. The third kappa shape index (κ3) is 5.78. The van der Waals surface area contributed by atoms with Gasteiger partial charge >= 0.3 is 5.97 Å². The first-order valence-corrected chi connectivity index (χ1v) is 11.6. The number of rotatable bonds is 9. The molecule has 1 aliphatic heterocycles. The van der Waals surface area contributed by atoms with Crippen LogP contribution in [0.4, 0.5) is 0 Å². The van der Waals surface area contributed by atoms with Gasteiger partial charge in [0.2, 0.25) is 5.91 Å². The minimum absolute atomic E-state index is 0.0434. The highest BCUT2D eigenvalue weighted by molar-refractivity contribution is 6.74. The number of hydrogen-bond donors (Lipinski definition) is 1. The third-order valence-corrected chi connectivity index (χ3v) is 9.58. The minimum atomic E-state index is -2.00. The second-order valence-electron chi connectivity index (χ2n) is 8.12. The number of carbonyl (C=O) groups excluding carboxylic acids is 3. The van der Waals surface area contributed by atoms with E-state index in [2.05, 4.69) is 45.8 Å². The first-order chi connectivity index (χ1) is 11.4. The van der Waals surface area contributed by atoms with E-state index in [0.29, 0.717) is 0 Å². The maximum atomic E-state index is 12.0. The molecule has 25 heavy (non-hydrogen) atoms. The third-order valence-electron chi connectivity index (χ3n) is 5.01. The summed E-state index contributed by atoms with van der Waals surface area (Å²) >= 11 is 0. The van der Waals surface area contributed by atoms with Crippen LogP contribution < -0.4 is 5.32 Å². The van der Waals surface area contributed by atoms with Gasteiger partial charge in [-0.1, -0.05) is 33.4 Å². The molecule has 0 aromatic heterocycles. The quantitative estimate of drug-likeness (QED) is 0.222. The molecule has 0 aromatic carbocycles. The molecule has 1 rings (SSSR count). The molecule has 0 aliphatic carbocycles. The van der Waals surface area contributed by atoms with Crippen molar-refractivity contribution >= 4 is 26.0 Å². The molecule has 1 heterocycles. The number of hydrogen-bond acceptors (Lipinski definition) is 5. The number of ether oxygens (including phenoxy) is 1. The van der Waals surface area contributed by atoms with Gasteiger partial charge in [-0.3, -0.25) is 14.4 Å². The molecule has 1 saturated heterocycles. The Balaban J connectivity index is 2.60. The molecule has 3 atom stereocenters. The largest absolute Gasteiger partial charge is 0.461 e. The van der Waals surface area contributed by atoms with E-state index in [4.69, 9.17) is 9.16 Å². The Kier molecular flexibility index (Phi) is 7.14. The lowest BCUT2D eigenvalue weighted by atomic mass is 9.83. The average molecular weight is 370 g/mol. The number of nitrogens with one attached hydrogen (secondary N) is 1. The lowest BCUT2D eigenvalue weighted by Gasteiger charge is -2.45. The second-order valence-corrected chi connectivity index (χ2v) is 12.9. The Labute approximate surface area is 151 Å². The van der Waals surface area contributed by atoms with Crippen LogP contribution in [0.5, 0.6) is 0 Å². The van der Waals surface area contributed by atoms with E-state index in [1.54, 1.807) is 0 Å². The molecule has 0 bridgehead atoms. The van der Waals surface area contributed by atoms with Crippen LogP contribution in [0.3, 0.4) is 0 Å². The van der Waals surface area contributed by atoms with Crippen molar-refractivity contribution in [2.75, 3.05) is 6.61 Å². The van der Waals surface area contributed by atoms with Crippen molar-refractivity contribution < 1.29 is 23.5 Å². The van der Waals surface area contributed by atoms with E-state index in [0.717, 1.165) is 0 Å². The van der Waals surface area contributed by atoms with Gasteiger partial charge in [0.25, 0.3) is 0 Å². The molecule has 1 N–H and O–H groups in total. The van der Waals surface area contributed by atoms with Crippen LogP contribution in [0.2, 0.25) is 18.1 Å². The fourth-order valence-corrected chi connectivity index (χ4v) is 4.00. The summed E-state index contributed by atoms with van der Waals surface area (Å²) in [5.41, 5.74) is 0. The van der Waals surface area contributed by atoms with Gasteiger partial charge in [0, 0.05) is 12.5 Å². The summed E-state index contributed by atoms with van der Waals surface area (Å²) in [6.45, 7) is 16.1. The van der Waals surface area contributed by atoms with Gasteiger partial charge in [0.1, 0.15) is 18.8 Å². The Morgan fingerprint density at radius 3 is 2.44 bits per heavy atom. The van der Waals surface area contributed by atoms with E-state index in [1.807, 2.05) is 6.92 Å². The molecule has 0 radical (unpaired) electrons. The first kappa shape index (κ1) is 21.6. The highest BCUT2D eigenvalue weighted by Crippen LogP contribution is 2.39. The van der Waals surface area contributed by atoms with Gasteiger partial charge < -0.3 is 14.5 Å². The molecular formula is C18H31NO5Si. The molecule has 0 unspecified atom stereocenters. The number of carbonyl (C=O) groups is 3. The van der Waals surface area contributed by atoms with E-state index >= 15 is 0 Å². The highest BCUT2D eigenvalue weighted by atomic mass is 28.4. The zero-order chi connectivity index (χ0) is 19.4. The lowest BCUT2D eigenvalue weighted by Crippen LogP contribution is -2.64. The summed E-state index contributed by atoms with van der Waals surface area (Å²) in [5.74, 6) is -1.28. The number of amides is 1. The summed E-state index contributed by atoms with van der Waals surface area (Å²) < 4.78 is 11.1. The fraction of sp³-hybridized carbons (Fsp3) is 0.722. The Morgan fingerprint density at radius 2 is 1.96 bits per heavy atom. The molecule has 7 heteroatoms. The van der Waals surface area contributed by atoms with Crippen molar-refractivity contribution in [3.05, 3.63) is 12.7 Å². The Bertz CT molecular complexity index is 538. The molecule has 1 amide bonds. The van der Waals surface area contributed by atoms with Crippen molar-refractivity contribution in [2.24, 2.45) is 5.92 Å². The van der Waals surface area contributed by atoms with Crippen molar-refractivity contribution in [3.63, 3.8) is 0 Å². The smallest absolute Gasteiger partial charge is 0.313 e. The molecule has 1 fully saturated rings. The van der Waals surface area contributed by atoms with Crippen LogP contribution in [0.25, 0.3) is 0 Å². The Morgan fingerprint density at radius 1 is 1.36 bits per heavy atom. The second kappa shape index (κ2) is 8.27. The Hall–Kier alpha value is -1.47. The van der Waals surface area contributed by atoms with Crippen LogP contribution in [-0.4, -0.2) is 44.7 Å². The number of esters is 1. The number of β-lactam (4-membered cyclic amide) rings is 1. The van der Waals surface area contributed by atoms with Crippen LogP contribution in [0, 0.1) is 5.92 Å². The lowest BCUT2D eigenvalue weighted by molar-refractivity contribution is -0.145. The topological polar surface area (TPSA) is 81.7 Å². The molecule has 1 aliphatic rings. The summed E-state index contributed by atoms with van der Waals surface area (Å²) in [4.78, 5) is 35.5. The standard InChI is InChI=1S/C18H31NO5Si/c1-8-9-23-15(21)11-13(20)10-14-16(17(22)19-14)12(2)24-25(6,7)18(3,4)5/h8,12,14,16H,1,9-11H2,2-7H3,(H,19,22)/t12-,14-,16-/m1/s1. The van der Waals surface area contributed by atoms with Crippen molar-refractivity contribution in [1.29, 1.82) is 0 Å².